The maximum atomic E-state index is 11.8. The summed E-state index contributed by atoms with van der Waals surface area (Å²) in [4.78, 5) is 11.8. The molecule has 1 saturated heterocycles. The third-order valence-corrected chi connectivity index (χ3v) is 3.12. The maximum Gasteiger partial charge on any atom is 0.361 e. The number of hydrogen-bond acceptors (Lipinski definition) is 5. The predicted octanol–water partition coefficient (Wildman–Crippen LogP) is 2.17. The van der Waals surface area contributed by atoms with Crippen molar-refractivity contribution in [1.29, 1.82) is 0 Å². The van der Waals surface area contributed by atoms with Gasteiger partial charge in [0.2, 0.25) is 0 Å². The van der Waals surface area contributed by atoms with E-state index in [9.17, 15) is 4.79 Å². The van der Waals surface area contributed by atoms with E-state index in [2.05, 4.69) is 10.5 Å². The second-order valence-electron chi connectivity index (χ2n) is 6.08. The molecule has 5 nitrogen and oxygen atoms in total. The second kappa shape index (κ2) is 5.74. The average Bonchev–Trinajstić information content (AvgIpc) is 2.77. The minimum Gasteiger partial charge on any atom is -0.455 e. The molecular weight excluding hydrogens is 244 g/mol. The first-order valence-electron chi connectivity index (χ1n) is 6.84. The van der Waals surface area contributed by atoms with Gasteiger partial charge in [-0.05, 0) is 52.6 Å². The normalized spacial score (nSPS) is 17.4. The Morgan fingerprint density at radius 2 is 2.16 bits per heavy atom. The monoisotopic (exact) mass is 266 g/mol. The largest absolute Gasteiger partial charge is 0.455 e. The van der Waals surface area contributed by atoms with Gasteiger partial charge in [0.1, 0.15) is 11.4 Å². The molecule has 1 aliphatic heterocycles. The Balaban J connectivity index is 1.92. The highest BCUT2D eigenvalue weighted by molar-refractivity contribution is 5.87. The van der Waals surface area contributed by atoms with Crippen LogP contribution in [0.4, 0.5) is 0 Å². The van der Waals surface area contributed by atoms with E-state index in [1.807, 2.05) is 20.8 Å². The molecule has 0 bridgehead atoms. The molecule has 1 fully saturated rings. The summed E-state index contributed by atoms with van der Waals surface area (Å²) in [6.45, 7) is 7.61. The standard InChI is InChI=1S/C14H22N2O3/c1-14(2,3)18-13(17)12-9-11(19-16-12)8-10-4-6-15-7-5-10/h9-10,15H,4-8H2,1-3H3. The molecule has 0 atom stereocenters. The molecule has 0 aliphatic carbocycles. The topological polar surface area (TPSA) is 64.4 Å². The molecule has 19 heavy (non-hydrogen) atoms. The lowest BCUT2D eigenvalue weighted by molar-refractivity contribution is 0.00588. The van der Waals surface area contributed by atoms with E-state index >= 15 is 0 Å². The van der Waals surface area contributed by atoms with Crippen LogP contribution in [-0.4, -0.2) is 29.8 Å². The van der Waals surface area contributed by atoms with Gasteiger partial charge in [0.25, 0.3) is 0 Å². The maximum absolute atomic E-state index is 11.8. The summed E-state index contributed by atoms with van der Waals surface area (Å²) in [5, 5.41) is 7.13. The molecule has 1 aromatic heterocycles. The van der Waals surface area contributed by atoms with Gasteiger partial charge < -0.3 is 14.6 Å². The SMILES string of the molecule is CC(C)(C)OC(=O)c1cc(CC2CCNCC2)on1. The van der Waals surface area contributed by atoms with E-state index in [0.29, 0.717) is 5.92 Å². The van der Waals surface area contributed by atoms with Gasteiger partial charge in [-0.1, -0.05) is 5.16 Å². The Bertz CT molecular complexity index is 428. The van der Waals surface area contributed by atoms with Crippen molar-refractivity contribution in [3.8, 4) is 0 Å². The van der Waals surface area contributed by atoms with Gasteiger partial charge in [0.15, 0.2) is 5.69 Å². The first kappa shape index (κ1) is 14.1. The highest BCUT2D eigenvalue weighted by Gasteiger charge is 2.22. The van der Waals surface area contributed by atoms with Gasteiger partial charge in [0.05, 0.1) is 0 Å². The molecule has 0 saturated carbocycles. The van der Waals surface area contributed by atoms with Crippen LogP contribution in [0, 0.1) is 5.92 Å². The number of ether oxygens (including phenoxy) is 1. The van der Waals surface area contributed by atoms with E-state index < -0.39 is 11.6 Å². The fourth-order valence-corrected chi connectivity index (χ4v) is 2.21. The zero-order valence-corrected chi connectivity index (χ0v) is 11.9. The molecular formula is C14H22N2O3. The van der Waals surface area contributed by atoms with Crippen LogP contribution in [0.2, 0.25) is 0 Å². The minimum absolute atomic E-state index is 0.263. The number of hydrogen-bond donors (Lipinski definition) is 1. The molecule has 0 amide bonds. The van der Waals surface area contributed by atoms with Crippen LogP contribution >= 0.6 is 0 Å². The van der Waals surface area contributed by atoms with Crippen LogP contribution in [0.15, 0.2) is 10.6 Å². The fraction of sp³-hybridized carbons (Fsp3) is 0.714. The fourth-order valence-electron chi connectivity index (χ4n) is 2.21. The lowest BCUT2D eigenvalue weighted by Crippen LogP contribution is -2.28. The van der Waals surface area contributed by atoms with Crippen molar-refractivity contribution in [3.05, 3.63) is 17.5 Å². The minimum atomic E-state index is -0.509. The van der Waals surface area contributed by atoms with Gasteiger partial charge in [-0.25, -0.2) is 4.79 Å². The number of carbonyl (C=O) groups is 1. The molecule has 1 aromatic rings. The van der Waals surface area contributed by atoms with Crippen LogP contribution < -0.4 is 5.32 Å². The number of piperidine rings is 1. The Morgan fingerprint density at radius 3 is 2.79 bits per heavy atom. The summed E-state index contributed by atoms with van der Waals surface area (Å²) >= 11 is 0. The zero-order chi connectivity index (χ0) is 13.9. The number of aromatic nitrogens is 1. The molecule has 2 heterocycles. The average molecular weight is 266 g/mol. The molecule has 106 valence electrons. The van der Waals surface area contributed by atoms with Gasteiger partial charge >= 0.3 is 5.97 Å². The molecule has 1 N–H and O–H groups in total. The van der Waals surface area contributed by atoms with E-state index in [-0.39, 0.29) is 5.69 Å². The molecule has 0 radical (unpaired) electrons. The van der Waals surface area contributed by atoms with Crippen LogP contribution in [0.3, 0.4) is 0 Å². The van der Waals surface area contributed by atoms with E-state index in [0.717, 1.165) is 38.1 Å². The predicted molar refractivity (Wildman–Crippen MR) is 71.0 cm³/mol. The molecule has 0 spiro atoms. The Kier molecular flexibility index (Phi) is 4.24. The molecule has 0 unspecified atom stereocenters. The van der Waals surface area contributed by atoms with Gasteiger partial charge in [-0.3, -0.25) is 0 Å². The van der Waals surface area contributed by atoms with E-state index in [1.54, 1.807) is 6.07 Å². The summed E-state index contributed by atoms with van der Waals surface area (Å²) in [5.74, 6) is 0.959. The summed E-state index contributed by atoms with van der Waals surface area (Å²) < 4.78 is 10.5. The second-order valence-corrected chi connectivity index (χ2v) is 6.08. The molecule has 0 aromatic carbocycles. The summed E-state index contributed by atoms with van der Waals surface area (Å²) in [5.41, 5.74) is -0.246. The summed E-state index contributed by atoms with van der Waals surface area (Å²) in [6, 6.07) is 1.70. The quantitative estimate of drug-likeness (QED) is 0.849. The van der Waals surface area contributed by atoms with Crippen molar-refractivity contribution in [2.75, 3.05) is 13.1 Å². The van der Waals surface area contributed by atoms with E-state index in [4.69, 9.17) is 9.26 Å². The Hall–Kier alpha value is -1.36. The van der Waals surface area contributed by atoms with E-state index in [1.165, 1.54) is 0 Å². The van der Waals surface area contributed by atoms with Crippen LogP contribution in [0.25, 0.3) is 0 Å². The molecule has 5 heteroatoms. The third kappa shape index (κ3) is 4.35. The van der Waals surface area contributed by atoms with Crippen LogP contribution in [0.5, 0.6) is 0 Å². The number of esters is 1. The summed E-state index contributed by atoms with van der Waals surface area (Å²) in [6.07, 6.45) is 3.13. The highest BCUT2D eigenvalue weighted by atomic mass is 16.6. The lowest BCUT2D eigenvalue weighted by Gasteiger charge is -2.21. The van der Waals surface area contributed by atoms with Crippen LogP contribution in [-0.2, 0) is 11.2 Å². The van der Waals surface area contributed by atoms with Gasteiger partial charge in [-0.15, -0.1) is 0 Å². The van der Waals surface area contributed by atoms with Gasteiger partial charge in [0, 0.05) is 12.5 Å². The van der Waals surface area contributed by atoms with Crippen LogP contribution in [0.1, 0.15) is 49.9 Å². The smallest absolute Gasteiger partial charge is 0.361 e. The first-order valence-corrected chi connectivity index (χ1v) is 6.84. The van der Waals surface area contributed by atoms with Crippen molar-refractivity contribution < 1.29 is 14.1 Å². The lowest BCUT2D eigenvalue weighted by atomic mass is 9.93. The van der Waals surface area contributed by atoms with Crippen molar-refractivity contribution >= 4 is 5.97 Å². The third-order valence-electron chi connectivity index (χ3n) is 3.12. The number of nitrogens with one attached hydrogen (secondary N) is 1. The van der Waals surface area contributed by atoms with Crippen molar-refractivity contribution in [2.24, 2.45) is 5.92 Å². The molecule has 1 aliphatic rings. The number of nitrogens with zero attached hydrogens (tertiary/aromatic N) is 1. The zero-order valence-electron chi connectivity index (χ0n) is 11.9. The van der Waals surface area contributed by atoms with Crippen molar-refractivity contribution in [3.63, 3.8) is 0 Å². The highest BCUT2D eigenvalue weighted by Crippen LogP contribution is 2.19. The molecule has 2 rings (SSSR count). The number of rotatable bonds is 3. The summed E-state index contributed by atoms with van der Waals surface area (Å²) in [7, 11) is 0. The number of carbonyl (C=O) groups excluding carboxylic acids is 1. The Morgan fingerprint density at radius 1 is 1.47 bits per heavy atom. The van der Waals surface area contributed by atoms with Crippen molar-refractivity contribution in [1.82, 2.24) is 10.5 Å². The first-order chi connectivity index (χ1) is 8.94. The van der Waals surface area contributed by atoms with Crippen molar-refractivity contribution in [2.45, 2.75) is 45.6 Å². The Labute approximate surface area is 113 Å². The van der Waals surface area contributed by atoms with Gasteiger partial charge in [-0.2, -0.15) is 0 Å².